The SMILES string of the molecule is c1ccc(C(c2ccccc2)C2OCCCO2)cc1. The second kappa shape index (κ2) is 6.00. The molecule has 0 spiro atoms. The Labute approximate surface area is 114 Å². The third kappa shape index (κ3) is 2.86. The molecule has 0 aromatic heterocycles. The standard InChI is InChI=1S/C17H18O2/c1-3-8-14(9-4-1)16(15-10-5-2-6-11-15)17-18-12-7-13-19-17/h1-6,8-11,16-17H,7,12-13H2. The Morgan fingerprint density at radius 2 is 1.21 bits per heavy atom. The van der Waals surface area contributed by atoms with Gasteiger partial charge in [-0.1, -0.05) is 60.7 Å². The molecule has 1 aliphatic rings. The van der Waals surface area contributed by atoms with Crippen LogP contribution in [0.4, 0.5) is 0 Å². The summed E-state index contributed by atoms with van der Waals surface area (Å²) in [6, 6.07) is 20.9. The molecule has 0 atom stereocenters. The van der Waals surface area contributed by atoms with Gasteiger partial charge in [-0.25, -0.2) is 0 Å². The van der Waals surface area contributed by atoms with E-state index in [1.165, 1.54) is 11.1 Å². The van der Waals surface area contributed by atoms with Gasteiger partial charge in [-0.2, -0.15) is 0 Å². The molecule has 1 fully saturated rings. The van der Waals surface area contributed by atoms with E-state index in [1.807, 2.05) is 12.1 Å². The van der Waals surface area contributed by atoms with Crippen molar-refractivity contribution in [3.63, 3.8) is 0 Å². The minimum atomic E-state index is -0.182. The van der Waals surface area contributed by atoms with Crippen molar-refractivity contribution in [3.05, 3.63) is 71.8 Å². The molecule has 19 heavy (non-hydrogen) atoms. The first kappa shape index (κ1) is 12.4. The van der Waals surface area contributed by atoms with E-state index in [2.05, 4.69) is 48.5 Å². The number of benzene rings is 2. The fourth-order valence-electron chi connectivity index (χ4n) is 2.53. The van der Waals surface area contributed by atoms with Gasteiger partial charge >= 0.3 is 0 Å². The van der Waals surface area contributed by atoms with E-state index in [4.69, 9.17) is 9.47 Å². The van der Waals surface area contributed by atoms with Gasteiger partial charge in [0.15, 0.2) is 6.29 Å². The molecule has 0 unspecified atom stereocenters. The lowest BCUT2D eigenvalue weighted by Crippen LogP contribution is -2.31. The van der Waals surface area contributed by atoms with E-state index in [0.717, 1.165) is 19.6 Å². The van der Waals surface area contributed by atoms with Crippen molar-refractivity contribution >= 4 is 0 Å². The van der Waals surface area contributed by atoms with Crippen LogP contribution in [-0.4, -0.2) is 19.5 Å². The van der Waals surface area contributed by atoms with Gasteiger partial charge in [-0.3, -0.25) is 0 Å². The first-order chi connectivity index (χ1) is 9.45. The molecule has 2 aromatic carbocycles. The van der Waals surface area contributed by atoms with Crippen LogP contribution >= 0.6 is 0 Å². The van der Waals surface area contributed by atoms with Crippen LogP contribution in [0.15, 0.2) is 60.7 Å². The molecule has 98 valence electrons. The van der Waals surface area contributed by atoms with Crippen molar-refractivity contribution in [1.82, 2.24) is 0 Å². The van der Waals surface area contributed by atoms with Gasteiger partial charge in [0.05, 0.1) is 19.1 Å². The smallest absolute Gasteiger partial charge is 0.168 e. The molecule has 1 aliphatic heterocycles. The maximum Gasteiger partial charge on any atom is 0.168 e. The second-order valence-electron chi connectivity index (χ2n) is 4.76. The average molecular weight is 254 g/mol. The average Bonchev–Trinajstić information content (AvgIpc) is 2.51. The van der Waals surface area contributed by atoms with Crippen molar-refractivity contribution in [2.45, 2.75) is 18.6 Å². The number of rotatable bonds is 3. The zero-order valence-corrected chi connectivity index (χ0v) is 10.9. The minimum Gasteiger partial charge on any atom is -0.352 e. The van der Waals surface area contributed by atoms with Crippen LogP contribution in [0.25, 0.3) is 0 Å². The summed E-state index contributed by atoms with van der Waals surface area (Å²) in [6.45, 7) is 1.56. The number of hydrogen-bond donors (Lipinski definition) is 0. The fourth-order valence-corrected chi connectivity index (χ4v) is 2.53. The maximum atomic E-state index is 5.83. The predicted octanol–water partition coefficient (Wildman–Crippen LogP) is 3.58. The molecule has 0 aliphatic carbocycles. The highest BCUT2D eigenvalue weighted by Gasteiger charge is 2.28. The molecule has 0 N–H and O–H groups in total. The Morgan fingerprint density at radius 3 is 1.68 bits per heavy atom. The van der Waals surface area contributed by atoms with Crippen LogP contribution in [0.2, 0.25) is 0 Å². The van der Waals surface area contributed by atoms with Gasteiger partial charge < -0.3 is 9.47 Å². The number of hydrogen-bond acceptors (Lipinski definition) is 2. The van der Waals surface area contributed by atoms with Crippen LogP contribution in [0.5, 0.6) is 0 Å². The van der Waals surface area contributed by atoms with Crippen LogP contribution in [0, 0.1) is 0 Å². The Kier molecular flexibility index (Phi) is 3.92. The Balaban J connectivity index is 1.96. The van der Waals surface area contributed by atoms with Crippen molar-refractivity contribution < 1.29 is 9.47 Å². The summed E-state index contributed by atoms with van der Waals surface area (Å²) in [6.07, 6.45) is 0.797. The van der Waals surface area contributed by atoms with Crippen LogP contribution < -0.4 is 0 Å². The minimum absolute atomic E-state index is 0.141. The second-order valence-corrected chi connectivity index (χ2v) is 4.76. The molecule has 0 radical (unpaired) electrons. The van der Waals surface area contributed by atoms with Crippen LogP contribution in [0.3, 0.4) is 0 Å². The summed E-state index contributed by atoms with van der Waals surface area (Å²) in [7, 11) is 0. The first-order valence-electron chi connectivity index (χ1n) is 6.78. The van der Waals surface area contributed by atoms with E-state index in [1.54, 1.807) is 0 Å². The zero-order valence-electron chi connectivity index (χ0n) is 10.9. The van der Waals surface area contributed by atoms with Gasteiger partial charge in [0, 0.05) is 0 Å². The molecule has 0 amide bonds. The van der Waals surface area contributed by atoms with Gasteiger partial charge in [0.1, 0.15) is 0 Å². The highest BCUT2D eigenvalue weighted by Crippen LogP contribution is 2.31. The van der Waals surface area contributed by atoms with Gasteiger partial charge in [-0.15, -0.1) is 0 Å². The maximum absolute atomic E-state index is 5.83. The Bertz CT molecular complexity index is 450. The normalized spacial score (nSPS) is 16.7. The lowest BCUT2D eigenvalue weighted by molar-refractivity contribution is -0.185. The topological polar surface area (TPSA) is 18.5 Å². The van der Waals surface area contributed by atoms with Crippen molar-refractivity contribution in [3.8, 4) is 0 Å². The monoisotopic (exact) mass is 254 g/mol. The van der Waals surface area contributed by atoms with E-state index in [9.17, 15) is 0 Å². The first-order valence-corrected chi connectivity index (χ1v) is 6.78. The van der Waals surface area contributed by atoms with Crippen LogP contribution in [0.1, 0.15) is 23.5 Å². The zero-order chi connectivity index (χ0) is 12.9. The highest BCUT2D eigenvalue weighted by molar-refractivity contribution is 5.33. The molecule has 0 bridgehead atoms. The molecular weight excluding hydrogens is 236 g/mol. The lowest BCUT2D eigenvalue weighted by Gasteiger charge is -2.31. The van der Waals surface area contributed by atoms with Crippen molar-refractivity contribution in [2.75, 3.05) is 13.2 Å². The van der Waals surface area contributed by atoms with Gasteiger partial charge in [-0.05, 0) is 17.5 Å². The fraction of sp³-hybridized carbons (Fsp3) is 0.294. The molecule has 0 saturated carbocycles. The summed E-state index contributed by atoms with van der Waals surface area (Å²) >= 11 is 0. The molecular formula is C17H18O2. The molecule has 2 nitrogen and oxygen atoms in total. The summed E-state index contributed by atoms with van der Waals surface area (Å²) in [5, 5.41) is 0. The number of ether oxygens (including phenoxy) is 2. The quantitative estimate of drug-likeness (QED) is 0.833. The summed E-state index contributed by atoms with van der Waals surface area (Å²) in [4.78, 5) is 0. The lowest BCUT2D eigenvalue weighted by atomic mass is 9.90. The van der Waals surface area contributed by atoms with E-state index in [-0.39, 0.29) is 12.2 Å². The summed E-state index contributed by atoms with van der Waals surface area (Å²) < 4.78 is 11.7. The van der Waals surface area contributed by atoms with E-state index >= 15 is 0 Å². The third-order valence-corrected chi connectivity index (χ3v) is 3.44. The van der Waals surface area contributed by atoms with Gasteiger partial charge in [0.25, 0.3) is 0 Å². The Morgan fingerprint density at radius 1 is 0.737 bits per heavy atom. The van der Waals surface area contributed by atoms with E-state index in [0.29, 0.717) is 0 Å². The Hall–Kier alpha value is -1.64. The predicted molar refractivity (Wildman–Crippen MR) is 75.0 cm³/mol. The third-order valence-electron chi connectivity index (χ3n) is 3.44. The molecule has 2 aromatic rings. The largest absolute Gasteiger partial charge is 0.352 e. The van der Waals surface area contributed by atoms with Crippen molar-refractivity contribution in [1.29, 1.82) is 0 Å². The molecule has 2 heteroatoms. The van der Waals surface area contributed by atoms with Crippen LogP contribution in [-0.2, 0) is 9.47 Å². The molecule has 1 heterocycles. The molecule has 3 rings (SSSR count). The van der Waals surface area contributed by atoms with Crippen molar-refractivity contribution in [2.24, 2.45) is 0 Å². The highest BCUT2D eigenvalue weighted by atomic mass is 16.7. The molecule has 1 saturated heterocycles. The summed E-state index contributed by atoms with van der Waals surface area (Å²) in [5.41, 5.74) is 2.47. The van der Waals surface area contributed by atoms with E-state index < -0.39 is 0 Å². The summed E-state index contributed by atoms with van der Waals surface area (Å²) in [5.74, 6) is 0.141. The van der Waals surface area contributed by atoms with Gasteiger partial charge in [0.2, 0.25) is 0 Å².